The van der Waals surface area contributed by atoms with E-state index in [0.717, 1.165) is 51.5 Å². The zero-order valence-electron chi connectivity index (χ0n) is 9.30. The number of morpholine rings is 1. The minimum atomic E-state index is 0.377. The highest BCUT2D eigenvalue weighted by molar-refractivity contribution is 5.17. The van der Waals surface area contributed by atoms with Crippen molar-refractivity contribution >= 4 is 5.95 Å². The van der Waals surface area contributed by atoms with E-state index in [1.54, 1.807) is 0 Å². The second kappa shape index (κ2) is 4.03. The van der Waals surface area contributed by atoms with E-state index in [9.17, 15) is 0 Å². The van der Waals surface area contributed by atoms with Crippen LogP contribution in [0.4, 0.5) is 5.95 Å². The number of anilines is 1. The van der Waals surface area contributed by atoms with Gasteiger partial charge in [0.25, 0.3) is 0 Å². The number of nitrogens with zero attached hydrogens (tertiary/aromatic N) is 4. The Morgan fingerprint density at radius 2 is 2.06 bits per heavy atom. The van der Waals surface area contributed by atoms with Crippen molar-refractivity contribution in [2.75, 3.05) is 32.0 Å². The summed E-state index contributed by atoms with van der Waals surface area (Å²) in [5.41, 5.74) is 5.66. The van der Waals surface area contributed by atoms with Gasteiger partial charge in [-0.3, -0.25) is 4.90 Å². The SMILES string of the molecule is Nc1nc2n(n1)CCCC2N1CCOCC1. The molecule has 6 heteroatoms. The number of nitrogen functional groups attached to an aromatic ring is 1. The summed E-state index contributed by atoms with van der Waals surface area (Å²) in [6, 6.07) is 0.377. The highest BCUT2D eigenvalue weighted by atomic mass is 16.5. The molecule has 0 radical (unpaired) electrons. The van der Waals surface area contributed by atoms with Crippen molar-refractivity contribution < 1.29 is 4.74 Å². The summed E-state index contributed by atoms with van der Waals surface area (Å²) in [5, 5.41) is 4.22. The molecule has 0 aliphatic carbocycles. The third-order valence-electron chi connectivity index (χ3n) is 3.35. The van der Waals surface area contributed by atoms with Crippen LogP contribution in [0.25, 0.3) is 0 Å². The first-order chi connectivity index (χ1) is 7.84. The van der Waals surface area contributed by atoms with Gasteiger partial charge in [0, 0.05) is 19.6 Å². The maximum absolute atomic E-state index is 5.66. The summed E-state index contributed by atoms with van der Waals surface area (Å²) >= 11 is 0. The Labute approximate surface area is 94.4 Å². The Morgan fingerprint density at radius 3 is 2.88 bits per heavy atom. The van der Waals surface area contributed by atoms with Crippen molar-refractivity contribution in [3.63, 3.8) is 0 Å². The lowest BCUT2D eigenvalue weighted by Crippen LogP contribution is -2.41. The molecular weight excluding hydrogens is 206 g/mol. The van der Waals surface area contributed by atoms with E-state index in [0.29, 0.717) is 12.0 Å². The van der Waals surface area contributed by atoms with Gasteiger partial charge in [-0.1, -0.05) is 0 Å². The molecule has 2 N–H and O–H groups in total. The fraction of sp³-hybridized carbons (Fsp3) is 0.800. The van der Waals surface area contributed by atoms with Gasteiger partial charge in [0.1, 0.15) is 5.82 Å². The van der Waals surface area contributed by atoms with E-state index in [2.05, 4.69) is 15.0 Å². The molecule has 1 saturated heterocycles. The summed E-state index contributed by atoms with van der Waals surface area (Å²) in [6.45, 7) is 4.55. The fourth-order valence-corrected chi connectivity index (χ4v) is 2.58. The van der Waals surface area contributed by atoms with Crippen LogP contribution in [0.3, 0.4) is 0 Å². The Bertz CT molecular complexity index is 371. The maximum atomic E-state index is 5.66. The molecule has 0 aromatic carbocycles. The summed E-state index contributed by atoms with van der Waals surface area (Å²) in [5.74, 6) is 1.43. The molecule has 2 aliphatic heterocycles. The molecule has 1 unspecified atom stereocenters. The predicted molar refractivity (Wildman–Crippen MR) is 58.8 cm³/mol. The smallest absolute Gasteiger partial charge is 0.239 e. The number of hydrogen-bond donors (Lipinski definition) is 1. The Balaban J connectivity index is 1.85. The van der Waals surface area contributed by atoms with Crippen molar-refractivity contribution in [1.82, 2.24) is 19.7 Å². The molecule has 1 atom stereocenters. The molecule has 1 fully saturated rings. The molecule has 0 amide bonds. The van der Waals surface area contributed by atoms with Gasteiger partial charge in [-0.05, 0) is 12.8 Å². The monoisotopic (exact) mass is 223 g/mol. The topological polar surface area (TPSA) is 69.2 Å². The van der Waals surface area contributed by atoms with Gasteiger partial charge in [-0.25, -0.2) is 4.68 Å². The van der Waals surface area contributed by atoms with Crippen molar-refractivity contribution in [1.29, 1.82) is 0 Å². The van der Waals surface area contributed by atoms with Gasteiger partial charge < -0.3 is 10.5 Å². The molecule has 1 aromatic heterocycles. The molecule has 16 heavy (non-hydrogen) atoms. The lowest BCUT2D eigenvalue weighted by molar-refractivity contribution is 0.00773. The van der Waals surface area contributed by atoms with Gasteiger partial charge in [0.05, 0.1) is 19.3 Å². The lowest BCUT2D eigenvalue weighted by Gasteiger charge is -2.35. The minimum absolute atomic E-state index is 0.377. The van der Waals surface area contributed by atoms with E-state index < -0.39 is 0 Å². The van der Waals surface area contributed by atoms with Crippen LogP contribution in [0.2, 0.25) is 0 Å². The van der Waals surface area contributed by atoms with Crippen LogP contribution in [-0.2, 0) is 11.3 Å². The number of fused-ring (bicyclic) bond motifs is 1. The zero-order valence-corrected chi connectivity index (χ0v) is 9.30. The number of ether oxygens (including phenoxy) is 1. The Kier molecular flexibility index (Phi) is 2.53. The van der Waals surface area contributed by atoms with Crippen molar-refractivity contribution in [3.8, 4) is 0 Å². The van der Waals surface area contributed by atoms with Crippen LogP contribution in [0.5, 0.6) is 0 Å². The standard InChI is InChI=1S/C10H17N5O/c11-10-12-9-8(2-1-3-15(9)13-10)14-4-6-16-7-5-14/h8H,1-7H2,(H2,11,13). The van der Waals surface area contributed by atoms with Crippen molar-refractivity contribution in [2.45, 2.75) is 25.4 Å². The number of aromatic nitrogens is 3. The van der Waals surface area contributed by atoms with Crippen LogP contribution in [0, 0.1) is 0 Å². The van der Waals surface area contributed by atoms with Crippen LogP contribution >= 0.6 is 0 Å². The third-order valence-corrected chi connectivity index (χ3v) is 3.35. The summed E-state index contributed by atoms with van der Waals surface area (Å²) in [7, 11) is 0. The van der Waals surface area contributed by atoms with E-state index >= 15 is 0 Å². The lowest BCUT2D eigenvalue weighted by atomic mass is 10.1. The summed E-state index contributed by atoms with van der Waals surface area (Å²) in [6.07, 6.45) is 2.30. The van der Waals surface area contributed by atoms with E-state index in [4.69, 9.17) is 10.5 Å². The first-order valence-electron chi connectivity index (χ1n) is 5.86. The largest absolute Gasteiger partial charge is 0.379 e. The van der Waals surface area contributed by atoms with E-state index in [-0.39, 0.29) is 0 Å². The van der Waals surface area contributed by atoms with Gasteiger partial charge in [-0.2, -0.15) is 4.98 Å². The third kappa shape index (κ3) is 1.68. The van der Waals surface area contributed by atoms with Gasteiger partial charge in [0.15, 0.2) is 0 Å². The van der Waals surface area contributed by atoms with Crippen LogP contribution in [0.1, 0.15) is 24.7 Å². The fourth-order valence-electron chi connectivity index (χ4n) is 2.58. The maximum Gasteiger partial charge on any atom is 0.239 e. The van der Waals surface area contributed by atoms with Gasteiger partial charge in [0.2, 0.25) is 5.95 Å². The predicted octanol–water partition coefficient (Wildman–Crippen LogP) is 0.0274. The molecule has 6 nitrogen and oxygen atoms in total. The Hall–Kier alpha value is -1.14. The first kappa shape index (κ1) is 10.0. The molecule has 88 valence electrons. The molecular formula is C10H17N5O. The van der Waals surface area contributed by atoms with Crippen LogP contribution < -0.4 is 5.73 Å². The number of hydrogen-bond acceptors (Lipinski definition) is 5. The van der Waals surface area contributed by atoms with Crippen molar-refractivity contribution in [3.05, 3.63) is 5.82 Å². The Morgan fingerprint density at radius 1 is 1.25 bits per heavy atom. The normalized spacial score (nSPS) is 26.6. The number of aryl methyl sites for hydroxylation is 1. The second-order valence-corrected chi connectivity index (χ2v) is 4.36. The molecule has 2 aliphatic rings. The zero-order chi connectivity index (χ0) is 11.0. The van der Waals surface area contributed by atoms with Gasteiger partial charge >= 0.3 is 0 Å². The average molecular weight is 223 g/mol. The molecule has 1 aromatic rings. The van der Waals surface area contributed by atoms with Crippen molar-refractivity contribution in [2.24, 2.45) is 0 Å². The average Bonchev–Trinajstić information content (AvgIpc) is 2.70. The molecule has 3 rings (SSSR count). The minimum Gasteiger partial charge on any atom is -0.379 e. The van der Waals surface area contributed by atoms with Crippen LogP contribution in [-0.4, -0.2) is 46.0 Å². The van der Waals surface area contributed by atoms with E-state index in [1.165, 1.54) is 0 Å². The highest BCUT2D eigenvalue weighted by Crippen LogP contribution is 2.29. The van der Waals surface area contributed by atoms with E-state index in [1.807, 2.05) is 4.68 Å². The quantitative estimate of drug-likeness (QED) is 0.727. The molecule has 3 heterocycles. The number of rotatable bonds is 1. The molecule has 0 bridgehead atoms. The number of nitrogens with two attached hydrogens (primary N) is 1. The summed E-state index contributed by atoms with van der Waals surface area (Å²) < 4.78 is 7.33. The second-order valence-electron chi connectivity index (χ2n) is 4.36. The first-order valence-corrected chi connectivity index (χ1v) is 5.86. The summed E-state index contributed by atoms with van der Waals surface area (Å²) in [4.78, 5) is 6.79. The highest BCUT2D eigenvalue weighted by Gasteiger charge is 2.29. The van der Waals surface area contributed by atoms with Gasteiger partial charge in [-0.15, -0.1) is 5.10 Å². The molecule has 0 spiro atoms. The van der Waals surface area contributed by atoms with Crippen LogP contribution in [0.15, 0.2) is 0 Å². The molecule has 0 saturated carbocycles.